The number of nitriles is 1. The van der Waals surface area contributed by atoms with Gasteiger partial charge in [-0.3, -0.25) is 9.20 Å². The van der Waals surface area contributed by atoms with Crippen molar-refractivity contribution in [1.29, 1.82) is 5.26 Å². The molecule has 1 fully saturated rings. The molecule has 0 spiro atoms. The normalized spacial score (nSPS) is 14.4. The van der Waals surface area contributed by atoms with Gasteiger partial charge in [-0.15, -0.1) is 0 Å². The zero-order valence-electron chi connectivity index (χ0n) is 19.6. The molecule has 5 rings (SSSR count). The maximum absolute atomic E-state index is 12.3. The summed E-state index contributed by atoms with van der Waals surface area (Å²) in [5.41, 5.74) is 6.47. The number of rotatable bonds is 5. The minimum absolute atomic E-state index is 0.0664. The number of nitrogens with zero attached hydrogens (tertiary/aromatic N) is 4. The number of pyridine rings is 1. The minimum Gasteiger partial charge on any atom is -0.466 e. The topological polar surface area (TPSA) is 70.6 Å². The zero-order valence-corrected chi connectivity index (χ0v) is 19.6. The molecule has 2 aromatic carbocycles. The quantitative estimate of drug-likeness (QED) is 0.397. The Hall–Kier alpha value is -3.85. The number of carbonyl (C=O) groups is 1. The van der Waals surface area contributed by atoms with E-state index in [1.54, 1.807) is 0 Å². The van der Waals surface area contributed by atoms with Crippen LogP contribution >= 0.6 is 0 Å². The molecule has 0 N–H and O–H groups in total. The SMILES string of the molecule is CCOC(=O)C1CCN(c2c(Cc3ccccc3)c(C)c(C#N)c3nc4ccccc4n23)CC1. The number of piperidine rings is 1. The number of fused-ring (bicyclic) bond motifs is 3. The number of benzene rings is 2. The standard InChI is InChI=1S/C28H28N4O2/c1-3-34-28(33)21-13-15-31(16-14-21)27-22(17-20-9-5-4-6-10-20)19(2)23(18-29)26-30-24-11-7-8-12-25(24)32(26)27/h4-12,21H,3,13-17H2,1-2H3. The molecule has 0 amide bonds. The summed E-state index contributed by atoms with van der Waals surface area (Å²) in [7, 11) is 0. The lowest BCUT2D eigenvalue weighted by Crippen LogP contribution is -2.38. The van der Waals surface area contributed by atoms with Gasteiger partial charge in [0.2, 0.25) is 0 Å². The Bertz CT molecular complexity index is 1390. The van der Waals surface area contributed by atoms with Crippen molar-refractivity contribution in [1.82, 2.24) is 9.38 Å². The van der Waals surface area contributed by atoms with Crippen LogP contribution in [0.2, 0.25) is 0 Å². The van der Waals surface area contributed by atoms with Crippen LogP contribution in [0.15, 0.2) is 54.6 Å². The zero-order chi connectivity index (χ0) is 23.7. The number of hydrogen-bond donors (Lipinski definition) is 0. The van der Waals surface area contributed by atoms with Crippen LogP contribution in [-0.4, -0.2) is 35.1 Å². The lowest BCUT2D eigenvalue weighted by molar-refractivity contribution is -0.148. The minimum atomic E-state index is -0.0964. The van der Waals surface area contributed by atoms with Gasteiger partial charge in [0.1, 0.15) is 11.9 Å². The first-order valence-corrected chi connectivity index (χ1v) is 11.9. The van der Waals surface area contributed by atoms with E-state index in [-0.39, 0.29) is 11.9 Å². The molecule has 172 valence electrons. The summed E-state index contributed by atoms with van der Waals surface area (Å²) in [6.45, 7) is 5.79. The summed E-state index contributed by atoms with van der Waals surface area (Å²) in [4.78, 5) is 19.6. The predicted molar refractivity (Wildman–Crippen MR) is 133 cm³/mol. The highest BCUT2D eigenvalue weighted by molar-refractivity contribution is 5.86. The Kier molecular flexibility index (Phi) is 5.93. The van der Waals surface area contributed by atoms with Gasteiger partial charge in [-0.25, -0.2) is 4.98 Å². The van der Waals surface area contributed by atoms with Crippen molar-refractivity contribution < 1.29 is 9.53 Å². The van der Waals surface area contributed by atoms with Crippen LogP contribution < -0.4 is 4.90 Å². The largest absolute Gasteiger partial charge is 0.466 e. The Labute approximate surface area is 199 Å². The fourth-order valence-electron chi connectivity index (χ4n) is 5.09. The van der Waals surface area contributed by atoms with E-state index in [0.29, 0.717) is 17.8 Å². The molecule has 0 bridgehead atoms. The summed E-state index contributed by atoms with van der Waals surface area (Å²) in [5.74, 6) is 0.913. The molecule has 0 radical (unpaired) electrons. The average molecular weight is 453 g/mol. The predicted octanol–water partition coefficient (Wildman–Crippen LogP) is 5.04. The Morgan fingerprint density at radius 1 is 1.12 bits per heavy atom. The molecular weight excluding hydrogens is 424 g/mol. The number of hydrogen-bond acceptors (Lipinski definition) is 5. The Balaban J connectivity index is 1.69. The van der Waals surface area contributed by atoms with Gasteiger partial charge in [-0.1, -0.05) is 42.5 Å². The van der Waals surface area contributed by atoms with Crippen molar-refractivity contribution in [3.63, 3.8) is 0 Å². The van der Waals surface area contributed by atoms with Gasteiger partial charge in [0.05, 0.1) is 29.1 Å². The highest BCUT2D eigenvalue weighted by Crippen LogP contribution is 2.36. The van der Waals surface area contributed by atoms with Crippen molar-refractivity contribution in [3.05, 3.63) is 76.9 Å². The number of ether oxygens (including phenoxy) is 1. The van der Waals surface area contributed by atoms with Gasteiger partial charge < -0.3 is 9.64 Å². The fourth-order valence-corrected chi connectivity index (χ4v) is 5.09. The maximum Gasteiger partial charge on any atom is 0.309 e. The summed E-state index contributed by atoms with van der Waals surface area (Å²) in [6.07, 6.45) is 2.21. The van der Waals surface area contributed by atoms with Crippen molar-refractivity contribution in [2.75, 3.05) is 24.6 Å². The van der Waals surface area contributed by atoms with E-state index in [2.05, 4.69) is 33.6 Å². The van der Waals surface area contributed by atoms with E-state index in [1.165, 1.54) is 5.56 Å². The molecule has 4 aromatic rings. The van der Waals surface area contributed by atoms with Crippen LogP contribution in [0.4, 0.5) is 5.82 Å². The number of carbonyl (C=O) groups excluding carboxylic acids is 1. The first-order chi connectivity index (χ1) is 16.6. The molecule has 0 atom stereocenters. The Morgan fingerprint density at radius 2 is 1.82 bits per heavy atom. The van der Waals surface area contributed by atoms with Crippen LogP contribution in [0.25, 0.3) is 16.7 Å². The molecule has 3 heterocycles. The van der Waals surface area contributed by atoms with Gasteiger partial charge in [-0.05, 0) is 49.9 Å². The van der Waals surface area contributed by atoms with Crippen molar-refractivity contribution in [2.45, 2.75) is 33.1 Å². The lowest BCUT2D eigenvalue weighted by atomic mass is 9.94. The number of aromatic nitrogens is 2. The highest BCUT2D eigenvalue weighted by atomic mass is 16.5. The first-order valence-electron chi connectivity index (χ1n) is 11.9. The lowest BCUT2D eigenvalue weighted by Gasteiger charge is -2.35. The summed E-state index contributed by atoms with van der Waals surface area (Å²) in [6, 6.07) is 20.8. The van der Waals surface area contributed by atoms with Gasteiger partial charge in [0.25, 0.3) is 0 Å². The number of para-hydroxylation sites is 2. The maximum atomic E-state index is 12.3. The molecule has 6 nitrogen and oxygen atoms in total. The summed E-state index contributed by atoms with van der Waals surface area (Å²) >= 11 is 0. The number of esters is 1. The molecule has 1 aliphatic heterocycles. The molecule has 34 heavy (non-hydrogen) atoms. The number of imidazole rings is 1. The smallest absolute Gasteiger partial charge is 0.309 e. The van der Waals surface area contributed by atoms with Gasteiger partial charge in [0.15, 0.2) is 5.65 Å². The van der Waals surface area contributed by atoms with E-state index in [4.69, 9.17) is 9.72 Å². The summed E-state index contributed by atoms with van der Waals surface area (Å²) < 4.78 is 7.44. The number of anilines is 1. The summed E-state index contributed by atoms with van der Waals surface area (Å²) in [5, 5.41) is 10.1. The fraction of sp³-hybridized carbons (Fsp3) is 0.321. The van der Waals surface area contributed by atoms with E-state index >= 15 is 0 Å². The third-order valence-corrected chi connectivity index (χ3v) is 6.84. The van der Waals surface area contributed by atoms with Gasteiger partial charge in [-0.2, -0.15) is 5.26 Å². The Morgan fingerprint density at radius 3 is 2.53 bits per heavy atom. The van der Waals surface area contributed by atoms with Crippen molar-refractivity contribution in [2.24, 2.45) is 5.92 Å². The van der Waals surface area contributed by atoms with Gasteiger partial charge in [0, 0.05) is 25.1 Å². The van der Waals surface area contributed by atoms with E-state index < -0.39 is 0 Å². The average Bonchev–Trinajstić information content (AvgIpc) is 3.24. The van der Waals surface area contributed by atoms with Crippen molar-refractivity contribution in [3.8, 4) is 6.07 Å². The van der Waals surface area contributed by atoms with Crippen LogP contribution in [0.1, 0.15) is 42.0 Å². The van der Waals surface area contributed by atoms with Crippen LogP contribution in [0.3, 0.4) is 0 Å². The van der Waals surface area contributed by atoms with E-state index in [9.17, 15) is 10.1 Å². The molecule has 0 aliphatic carbocycles. The van der Waals surface area contributed by atoms with E-state index in [1.807, 2.05) is 50.2 Å². The third-order valence-electron chi connectivity index (χ3n) is 6.84. The molecule has 0 saturated carbocycles. The molecule has 0 unspecified atom stereocenters. The molecule has 2 aromatic heterocycles. The second kappa shape index (κ2) is 9.18. The molecule has 6 heteroatoms. The second-order valence-corrected chi connectivity index (χ2v) is 8.85. The molecule has 1 saturated heterocycles. The van der Waals surface area contributed by atoms with Crippen molar-refractivity contribution >= 4 is 28.5 Å². The molecular formula is C28H28N4O2. The van der Waals surface area contributed by atoms with Crippen LogP contribution in [-0.2, 0) is 16.0 Å². The van der Waals surface area contributed by atoms with E-state index in [0.717, 1.165) is 60.3 Å². The molecule has 1 aliphatic rings. The first kappa shape index (κ1) is 22.0. The van der Waals surface area contributed by atoms with Crippen LogP contribution in [0, 0.1) is 24.2 Å². The second-order valence-electron chi connectivity index (χ2n) is 8.85. The van der Waals surface area contributed by atoms with Crippen LogP contribution in [0.5, 0.6) is 0 Å². The monoisotopic (exact) mass is 452 g/mol. The third kappa shape index (κ3) is 3.77. The highest BCUT2D eigenvalue weighted by Gasteiger charge is 2.30. The van der Waals surface area contributed by atoms with Gasteiger partial charge >= 0.3 is 5.97 Å².